The summed E-state index contributed by atoms with van der Waals surface area (Å²) in [6, 6.07) is 12.5. The minimum absolute atomic E-state index is 0.299. The Morgan fingerprint density at radius 1 is 0.960 bits per heavy atom. The van der Waals surface area contributed by atoms with Gasteiger partial charge in [-0.1, -0.05) is 23.7 Å². The quantitative estimate of drug-likeness (QED) is 0.684. The van der Waals surface area contributed by atoms with E-state index in [-0.39, 0.29) is 5.91 Å². The normalized spacial score (nSPS) is 10.5. The van der Waals surface area contributed by atoms with Crippen molar-refractivity contribution in [1.82, 2.24) is 15.4 Å². The Bertz CT molecular complexity index is 926. The molecule has 0 aliphatic rings. The molecule has 0 atom stereocenters. The van der Waals surface area contributed by atoms with Crippen LogP contribution in [0.15, 0.2) is 47.8 Å². The molecule has 0 aliphatic heterocycles. The molecule has 0 fully saturated rings. The molecule has 3 rings (SSSR count). The van der Waals surface area contributed by atoms with E-state index in [4.69, 9.17) is 11.6 Å². The predicted octanol–water partition coefficient (Wildman–Crippen LogP) is 3.88. The molecule has 0 saturated heterocycles. The maximum absolute atomic E-state index is 12.5. The molecule has 0 unspecified atom stereocenters. The van der Waals surface area contributed by atoms with Crippen molar-refractivity contribution in [3.63, 3.8) is 0 Å². The van der Waals surface area contributed by atoms with Crippen LogP contribution in [0.3, 0.4) is 0 Å². The number of benzene rings is 1. The Hall–Kier alpha value is -2.57. The van der Waals surface area contributed by atoms with Gasteiger partial charge in [-0.15, -0.1) is 11.3 Å². The van der Waals surface area contributed by atoms with E-state index in [1.807, 2.05) is 42.0 Å². The van der Waals surface area contributed by atoms with Gasteiger partial charge in [0.15, 0.2) is 0 Å². The van der Waals surface area contributed by atoms with Crippen molar-refractivity contribution in [3.8, 4) is 5.69 Å². The smallest absolute Gasteiger partial charge is 0.281 e. The van der Waals surface area contributed by atoms with Crippen LogP contribution < -0.4 is 10.9 Å². The number of aryl methyl sites for hydroxylation is 2. The summed E-state index contributed by atoms with van der Waals surface area (Å²) < 4.78 is 2.00. The number of halogens is 1. The number of hydrogen-bond donors (Lipinski definition) is 2. The SMILES string of the molecule is Cc1ccc(C)n1-c1ccsc1C(=O)NNC(=O)c1ccccc1Cl. The highest BCUT2D eigenvalue weighted by molar-refractivity contribution is 7.12. The van der Waals surface area contributed by atoms with Crippen LogP contribution in [-0.4, -0.2) is 16.4 Å². The third kappa shape index (κ3) is 3.45. The summed E-state index contributed by atoms with van der Waals surface area (Å²) >= 11 is 7.30. The predicted molar refractivity (Wildman–Crippen MR) is 99.5 cm³/mol. The molecule has 2 N–H and O–H groups in total. The molecule has 0 bridgehead atoms. The lowest BCUT2D eigenvalue weighted by Crippen LogP contribution is -2.41. The van der Waals surface area contributed by atoms with E-state index in [0.29, 0.717) is 15.5 Å². The second kappa shape index (κ2) is 7.13. The fourth-order valence-corrected chi connectivity index (χ4v) is 3.57. The van der Waals surface area contributed by atoms with Gasteiger partial charge < -0.3 is 4.57 Å². The molecule has 2 aromatic heterocycles. The van der Waals surface area contributed by atoms with Crippen molar-refractivity contribution < 1.29 is 9.59 Å². The highest BCUT2D eigenvalue weighted by Crippen LogP contribution is 2.24. The van der Waals surface area contributed by atoms with Crippen LogP contribution in [0.5, 0.6) is 0 Å². The van der Waals surface area contributed by atoms with Gasteiger partial charge in [0, 0.05) is 11.4 Å². The lowest BCUT2D eigenvalue weighted by molar-refractivity contribution is 0.0849. The number of carbonyl (C=O) groups excluding carboxylic acids is 2. The third-order valence-electron chi connectivity index (χ3n) is 3.77. The minimum Gasteiger partial charge on any atom is -0.317 e. The van der Waals surface area contributed by atoms with Crippen LogP contribution in [0.1, 0.15) is 31.4 Å². The Morgan fingerprint density at radius 3 is 2.28 bits per heavy atom. The second-order valence-electron chi connectivity index (χ2n) is 5.47. The highest BCUT2D eigenvalue weighted by atomic mass is 35.5. The molecule has 0 aliphatic carbocycles. The largest absolute Gasteiger partial charge is 0.317 e. The van der Waals surface area contributed by atoms with Crippen molar-refractivity contribution in [2.45, 2.75) is 13.8 Å². The van der Waals surface area contributed by atoms with Crippen molar-refractivity contribution >= 4 is 34.8 Å². The zero-order valence-electron chi connectivity index (χ0n) is 13.7. The lowest BCUT2D eigenvalue weighted by Gasteiger charge is -2.11. The zero-order valence-corrected chi connectivity index (χ0v) is 15.2. The van der Waals surface area contributed by atoms with Crippen LogP contribution in [0.4, 0.5) is 0 Å². The Labute approximate surface area is 154 Å². The average Bonchev–Trinajstić information content (AvgIpc) is 3.19. The number of aromatic nitrogens is 1. The number of amides is 2. The maximum atomic E-state index is 12.5. The number of nitrogens with one attached hydrogen (secondary N) is 2. The number of carbonyl (C=O) groups is 2. The molecule has 0 spiro atoms. The van der Waals surface area contributed by atoms with Crippen LogP contribution >= 0.6 is 22.9 Å². The maximum Gasteiger partial charge on any atom is 0.281 e. The standard InChI is InChI=1S/C18H16ClN3O2S/c1-11-7-8-12(2)22(11)15-9-10-25-16(15)18(24)21-20-17(23)13-5-3-4-6-14(13)19/h3-10H,1-2H3,(H,20,23)(H,21,24). The first kappa shape index (κ1) is 17.3. The van der Waals surface area contributed by atoms with Gasteiger partial charge in [-0.25, -0.2) is 0 Å². The van der Waals surface area contributed by atoms with Crippen LogP contribution in [-0.2, 0) is 0 Å². The number of hydrazine groups is 1. The highest BCUT2D eigenvalue weighted by Gasteiger charge is 2.18. The van der Waals surface area contributed by atoms with Gasteiger partial charge in [0.2, 0.25) is 0 Å². The first-order chi connectivity index (χ1) is 12.0. The topological polar surface area (TPSA) is 63.1 Å². The Kier molecular flexibility index (Phi) is 4.92. The summed E-state index contributed by atoms with van der Waals surface area (Å²) in [5.41, 5.74) is 8.01. The van der Waals surface area contributed by atoms with E-state index >= 15 is 0 Å². The van der Waals surface area contributed by atoms with Crippen molar-refractivity contribution in [2.24, 2.45) is 0 Å². The minimum atomic E-state index is -0.467. The lowest BCUT2D eigenvalue weighted by atomic mass is 10.2. The van der Waals surface area contributed by atoms with E-state index < -0.39 is 5.91 Å². The monoisotopic (exact) mass is 373 g/mol. The van der Waals surface area contributed by atoms with Crippen LogP contribution in [0.2, 0.25) is 5.02 Å². The van der Waals surface area contributed by atoms with Gasteiger partial charge >= 0.3 is 0 Å². The van der Waals surface area contributed by atoms with E-state index in [9.17, 15) is 9.59 Å². The van der Waals surface area contributed by atoms with E-state index in [2.05, 4.69) is 10.9 Å². The second-order valence-corrected chi connectivity index (χ2v) is 6.80. The average molecular weight is 374 g/mol. The third-order valence-corrected chi connectivity index (χ3v) is 5.00. The fraction of sp³-hybridized carbons (Fsp3) is 0.111. The van der Waals surface area contributed by atoms with Crippen LogP contribution in [0.25, 0.3) is 5.69 Å². The van der Waals surface area contributed by atoms with Gasteiger partial charge in [0.05, 0.1) is 16.3 Å². The molecule has 7 heteroatoms. The van der Waals surface area contributed by atoms with Gasteiger partial charge in [-0.2, -0.15) is 0 Å². The van der Waals surface area contributed by atoms with Crippen molar-refractivity contribution in [1.29, 1.82) is 0 Å². The summed E-state index contributed by atoms with van der Waals surface area (Å²) in [5, 5.41) is 2.17. The van der Waals surface area contributed by atoms with E-state index in [0.717, 1.165) is 17.1 Å². The first-order valence-corrected chi connectivity index (χ1v) is 8.83. The summed E-state index contributed by atoms with van der Waals surface area (Å²) in [6.45, 7) is 3.96. The summed E-state index contributed by atoms with van der Waals surface area (Å²) in [5.74, 6) is -0.844. The molecule has 5 nitrogen and oxygen atoms in total. The number of hydrogen-bond acceptors (Lipinski definition) is 3. The Morgan fingerprint density at radius 2 is 1.60 bits per heavy atom. The number of nitrogens with zero attached hydrogens (tertiary/aromatic N) is 1. The molecule has 25 heavy (non-hydrogen) atoms. The van der Waals surface area contributed by atoms with Gasteiger partial charge in [0.1, 0.15) is 4.88 Å². The number of thiophene rings is 1. The van der Waals surface area contributed by atoms with Crippen LogP contribution in [0, 0.1) is 13.8 Å². The zero-order chi connectivity index (χ0) is 18.0. The van der Waals surface area contributed by atoms with Gasteiger partial charge in [-0.3, -0.25) is 20.4 Å². The summed E-state index contributed by atoms with van der Waals surface area (Å²) in [4.78, 5) is 25.2. The van der Waals surface area contributed by atoms with Crippen molar-refractivity contribution in [3.05, 3.63) is 74.7 Å². The molecular formula is C18H16ClN3O2S. The molecule has 2 heterocycles. The van der Waals surface area contributed by atoms with E-state index in [1.54, 1.807) is 24.3 Å². The molecule has 3 aromatic rings. The molecule has 1 aromatic carbocycles. The summed E-state index contributed by atoms with van der Waals surface area (Å²) in [6.07, 6.45) is 0. The Balaban J connectivity index is 1.76. The molecule has 0 saturated carbocycles. The fourth-order valence-electron chi connectivity index (χ4n) is 2.58. The first-order valence-electron chi connectivity index (χ1n) is 7.57. The molecule has 0 radical (unpaired) electrons. The molecule has 2 amide bonds. The van der Waals surface area contributed by atoms with Gasteiger partial charge in [-0.05, 0) is 49.6 Å². The number of rotatable bonds is 3. The molecular weight excluding hydrogens is 358 g/mol. The summed E-state index contributed by atoms with van der Waals surface area (Å²) in [7, 11) is 0. The van der Waals surface area contributed by atoms with Gasteiger partial charge in [0.25, 0.3) is 11.8 Å². The van der Waals surface area contributed by atoms with Crippen molar-refractivity contribution in [2.75, 3.05) is 0 Å². The molecule has 128 valence electrons. The van der Waals surface area contributed by atoms with E-state index in [1.165, 1.54) is 11.3 Å².